The number of hydrogen-bond donors (Lipinski definition) is 3. The molecule has 0 aliphatic heterocycles. The van der Waals surface area contributed by atoms with Gasteiger partial charge in [-0.25, -0.2) is 14.0 Å². The minimum absolute atomic E-state index is 0.0589. The van der Waals surface area contributed by atoms with Gasteiger partial charge < -0.3 is 20.5 Å². The number of hydrogen-bond acceptors (Lipinski definition) is 3. The number of halogens is 1. The molecule has 2 amide bonds. The molecule has 0 bridgehead atoms. The van der Waals surface area contributed by atoms with Crippen molar-refractivity contribution in [1.82, 2.24) is 5.32 Å². The summed E-state index contributed by atoms with van der Waals surface area (Å²) in [7, 11) is 1.40. The van der Waals surface area contributed by atoms with Gasteiger partial charge in [0.2, 0.25) is 0 Å². The maximum absolute atomic E-state index is 13.5. The van der Waals surface area contributed by atoms with Crippen molar-refractivity contribution >= 4 is 17.7 Å². The van der Waals surface area contributed by atoms with E-state index in [0.717, 1.165) is 6.07 Å². The van der Waals surface area contributed by atoms with Gasteiger partial charge in [-0.15, -0.1) is 6.58 Å². The average Bonchev–Trinajstić information content (AvgIpc) is 2.40. The van der Waals surface area contributed by atoms with Crippen molar-refractivity contribution in [3.8, 4) is 5.75 Å². The molecule has 6 nitrogen and oxygen atoms in total. The Kier molecular flexibility index (Phi) is 5.52. The zero-order chi connectivity index (χ0) is 15.1. The number of carbonyl (C=O) groups is 2. The first kappa shape index (κ1) is 15.5. The molecule has 108 valence electrons. The largest absolute Gasteiger partial charge is 0.497 e. The molecule has 1 aromatic carbocycles. The Balaban J connectivity index is 2.75. The standard InChI is InChI=1S/C13H15FN2O4/c1-3-4-10(12(17)18)15-13(19)16-11-7-8(20-2)5-6-9(11)14/h3,5-7,10H,1,4H2,2H3,(H,17,18)(H2,15,16,19). The molecule has 7 heteroatoms. The maximum atomic E-state index is 13.5. The Hall–Kier alpha value is -2.57. The number of urea groups is 1. The first-order valence-corrected chi connectivity index (χ1v) is 5.72. The van der Waals surface area contributed by atoms with E-state index >= 15 is 0 Å². The molecule has 1 aromatic rings. The van der Waals surface area contributed by atoms with E-state index < -0.39 is 23.9 Å². The fourth-order valence-electron chi connectivity index (χ4n) is 1.43. The van der Waals surface area contributed by atoms with E-state index in [4.69, 9.17) is 9.84 Å². The Labute approximate surface area is 115 Å². The molecular formula is C13H15FN2O4. The molecule has 0 saturated heterocycles. The highest BCUT2D eigenvalue weighted by Crippen LogP contribution is 2.20. The first-order chi connectivity index (χ1) is 9.47. The van der Waals surface area contributed by atoms with Crippen molar-refractivity contribution in [2.75, 3.05) is 12.4 Å². The lowest BCUT2D eigenvalue weighted by atomic mass is 10.2. The van der Waals surface area contributed by atoms with Crippen LogP contribution in [-0.2, 0) is 4.79 Å². The fraction of sp³-hybridized carbons (Fsp3) is 0.231. The van der Waals surface area contributed by atoms with Crippen LogP contribution in [0.2, 0.25) is 0 Å². The van der Waals surface area contributed by atoms with Crippen LogP contribution in [0.5, 0.6) is 5.75 Å². The van der Waals surface area contributed by atoms with E-state index in [1.54, 1.807) is 0 Å². The Morgan fingerprint density at radius 1 is 1.55 bits per heavy atom. The highest BCUT2D eigenvalue weighted by atomic mass is 19.1. The number of rotatable bonds is 6. The molecule has 0 aliphatic rings. The second-order valence-electron chi connectivity index (χ2n) is 3.86. The van der Waals surface area contributed by atoms with Gasteiger partial charge in [-0.05, 0) is 18.6 Å². The van der Waals surface area contributed by atoms with Crippen LogP contribution in [0.3, 0.4) is 0 Å². The normalized spacial score (nSPS) is 11.3. The molecule has 0 fully saturated rings. The van der Waals surface area contributed by atoms with Gasteiger partial charge >= 0.3 is 12.0 Å². The molecule has 1 atom stereocenters. The minimum atomic E-state index is -1.20. The van der Waals surface area contributed by atoms with E-state index in [9.17, 15) is 14.0 Å². The van der Waals surface area contributed by atoms with Crippen LogP contribution in [0.1, 0.15) is 6.42 Å². The van der Waals surface area contributed by atoms with Gasteiger partial charge in [0.05, 0.1) is 12.8 Å². The summed E-state index contributed by atoms with van der Waals surface area (Å²) in [4.78, 5) is 22.5. The predicted molar refractivity (Wildman–Crippen MR) is 71.3 cm³/mol. The second-order valence-corrected chi connectivity index (χ2v) is 3.86. The van der Waals surface area contributed by atoms with Gasteiger partial charge in [0, 0.05) is 6.07 Å². The third-order valence-electron chi connectivity index (χ3n) is 2.43. The number of aliphatic carboxylic acids is 1. The fourth-order valence-corrected chi connectivity index (χ4v) is 1.43. The van der Waals surface area contributed by atoms with Crippen LogP contribution in [0.25, 0.3) is 0 Å². The quantitative estimate of drug-likeness (QED) is 0.696. The monoisotopic (exact) mass is 282 g/mol. The summed E-state index contributed by atoms with van der Waals surface area (Å²) in [6.45, 7) is 3.40. The summed E-state index contributed by atoms with van der Waals surface area (Å²) in [5, 5.41) is 13.3. The molecule has 20 heavy (non-hydrogen) atoms. The van der Waals surface area contributed by atoms with Crippen molar-refractivity contribution in [3.05, 3.63) is 36.7 Å². The van der Waals surface area contributed by atoms with Gasteiger partial charge in [-0.1, -0.05) is 6.08 Å². The lowest BCUT2D eigenvalue weighted by Gasteiger charge is -2.14. The highest BCUT2D eigenvalue weighted by molar-refractivity contribution is 5.92. The first-order valence-electron chi connectivity index (χ1n) is 5.72. The highest BCUT2D eigenvalue weighted by Gasteiger charge is 2.18. The van der Waals surface area contributed by atoms with E-state index in [1.807, 2.05) is 0 Å². The van der Waals surface area contributed by atoms with E-state index in [1.165, 1.54) is 25.3 Å². The number of carboxylic acid groups (broad SMARTS) is 1. The number of nitrogens with one attached hydrogen (secondary N) is 2. The van der Waals surface area contributed by atoms with Gasteiger partial charge in [0.1, 0.15) is 17.6 Å². The van der Waals surface area contributed by atoms with Crippen LogP contribution in [0, 0.1) is 5.82 Å². The zero-order valence-corrected chi connectivity index (χ0v) is 10.9. The Morgan fingerprint density at radius 2 is 2.25 bits per heavy atom. The minimum Gasteiger partial charge on any atom is -0.497 e. The Morgan fingerprint density at radius 3 is 2.80 bits per heavy atom. The van der Waals surface area contributed by atoms with Crippen molar-refractivity contribution in [2.45, 2.75) is 12.5 Å². The topological polar surface area (TPSA) is 87.7 Å². The molecule has 0 spiro atoms. The number of methoxy groups -OCH3 is 1. The van der Waals surface area contributed by atoms with Crippen molar-refractivity contribution in [3.63, 3.8) is 0 Å². The van der Waals surface area contributed by atoms with Gasteiger partial charge in [0.25, 0.3) is 0 Å². The third-order valence-corrected chi connectivity index (χ3v) is 2.43. The van der Waals surface area contributed by atoms with Gasteiger partial charge in [-0.2, -0.15) is 0 Å². The SMILES string of the molecule is C=CCC(NC(=O)Nc1cc(OC)ccc1F)C(=O)O. The number of carboxylic acids is 1. The Bertz CT molecular complexity index is 519. The van der Waals surface area contributed by atoms with Crippen LogP contribution in [0.15, 0.2) is 30.9 Å². The van der Waals surface area contributed by atoms with Crippen LogP contribution in [-0.4, -0.2) is 30.3 Å². The van der Waals surface area contributed by atoms with Crippen LogP contribution < -0.4 is 15.4 Å². The lowest BCUT2D eigenvalue weighted by molar-refractivity contribution is -0.139. The van der Waals surface area contributed by atoms with E-state index in [2.05, 4.69) is 17.2 Å². The molecule has 1 unspecified atom stereocenters. The number of amides is 2. The maximum Gasteiger partial charge on any atom is 0.326 e. The smallest absolute Gasteiger partial charge is 0.326 e. The van der Waals surface area contributed by atoms with Gasteiger partial charge in [0.15, 0.2) is 0 Å². The molecule has 0 aliphatic carbocycles. The second kappa shape index (κ2) is 7.13. The number of carbonyl (C=O) groups excluding carboxylic acids is 1. The summed E-state index contributed by atoms with van der Waals surface area (Å²) in [6.07, 6.45) is 1.43. The van der Waals surface area contributed by atoms with Crippen molar-refractivity contribution in [2.24, 2.45) is 0 Å². The summed E-state index contributed by atoms with van der Waals surface area (Å²) >= 11 is 0. The number of anilines is 1. The zero-order valence-electron chi connectivity index (χ0n) is 10.9. The summed E-state index contributed by atoms with van der Waals surface area (Å²) in [5.41, 5.74) is -0.107. The van der Waals surface area contributed by atoms with E-state index in [0.29, 0.717) is 5.75 Å². The predicted octanol–water partition coefficient (Wildman–Crippen LogP) is 1.99. The van der Waals surface area contributed by atoms with Crippen LogP contribution in [0.4, 0.5) is 14.9 Å². The van der Waals surface area contributed by atoms with Crippen molar-refractivity contribution < 1.29 is 23.8 Å². The molecule has 1 rings (SSSR count). The molecule has 3 N–H and O–H groups in total. The molecule has 0 radical (unpaired) electrons. The van der Waals surface area contributed by atoms with E-state index in [-0.39, 0.29) is 12.1 Å². The molecular weight excluding hydrogens is 267 g/mol. The molecule has 0 heterocycles. The van der Waals surface area contributed by atoms with Crippen LogP contribution >= 0.6 is 0 Å². The van der Waals surface area contributed by atoms with Crippen molar-refractivity contribution in [1.29, 1.82) is 0 Å². The third kappa shape index (κ3) is 4.27. The molecule has 0 saturated carbocycles. The number of ether oxygens (including phenoxy) is 1. The lowest BCUT2D eigenvalue weighted by Crippen LogP contribution is -2.42. The summed E-state index contributed by atoms with van der Waals surface area (Å²) < 4.78 is 18.4. The number of benzene rings is 1. The van der Waals surface area contributed by atoms with Gasteiger partial charge in [-0.3, -0.25) is 0 Å². The average molecular weight is 282 g/mol. The summed E-state index contributed by atoms with van der Waals surface area (Å²) in [5.74, 6) is -1.50. The molecule has 0 aromatic heterocycles. The summed E-state index contributed by atoms with van der Waals surface area (Å²) in [6, 6.07) is 1.87.